The summed E-state index contributed by atoms with van der Waals surface area (Å²) < 4.78 is 1.87. The monoisotopic (exact) mass is 267 g/mol. The van der Waals surface area contributed by atoms with Crippen LogP contribution in [-0.4, -0.2) is 49.4 Å². The number of hydrogen-bond donors (Lipinski definition) is 1. The van der Waals surface area contributed by atoms with Crippen LogP contribution in [-0.2, 0) is 13.1 Å². The van der Waals surface area contributed by atoms with Gasteiger partial charge in [0.05, 0.1) is 12.1 Å². The van der Waals surface area contributed by atoms with Crippen molar-refractivity contribution in [3.63, 3.8) is 0 Å². The normalized spacial score (nSPS) is 18.3. The fourth-order valence-corrected chi connectivity index (χ4v) is 2.81. The maximum atomic E-state index is 10.4. The molecule has 0 aromatic carbocycles. The Morgan fingerprint density at radius 2 is 2.11 bits per heavy atom. The largest absolute Gasteiger partial charge is 0.389 e. The Balaban J connectivity index is 1.87. The van der Waals surface area contributed by atoms with E-state index in [4.69, 9.17) is 0 Å². The van der Waals surface area contributed by atoms with Gasteiger partial charge in [0.2, 0.25) is 0 Å². The van der Waals surface area contributed by atoms with Gasteiger partial charge in [-0.25, -0.2) is 4.68 Å². The molecule has 0 atom stereocenters. The minimum atomic E-state index is -0.504. The van der Waals surface area contributed by atoms with E-state index in [1.807, 2.05) is 11.7 Å². The molecular weight excluding hydrogens is 242 g/mol. The zero-order chi connectivity index (χ0) is 13.7. The van der Waals surface area contributed by atoms with E-state index in [1.165, 1.54) is 0 Å². The van der Waals surface area contributed by atoms with E-state index in [-0.39, 0.29) is 0 Å². The Morgan fingerprint density at radius 1 is 1.37 bits per heavy atom. The number of unbranched alkanes of at least 4 members (excludes halogenated alkanes) is 1. The standard InChI is InChI=1S/C13H25N5O/c1-3-4-9-18-12(14-15-16-18)10-17(2)11-13(19)7-5-6-8-13/h19H,3-11H2,1-2H3. The van der Waals surface area contributed by atoms with Gasteiger partial charge in [0.25, 0.3) is 0 Å². The van der Waals surface area contributed by atoms with Gasteiger partial charge < -0.3 is 5.11 Å². The van der Waals surface area contributed by atoms with Crippen LogP contribution < -0.4 is 0 Å². The highest BCUT2D eigenvalue weighted by Gasteiger charge is 2.32. The zero-order valence-electron chi connectivity index (χ0n) is 12.0. The summed E-state index contributed by atoms with van der Waals surface area (Å²) in [6, 6.07) is 0. The van der Waals surface area contributed by atoms with Crippen molar-refractivity contribution in [1.29, 1.82) is 0 Å². The molecule has 1 N–H and O–H groups in total. The van der Waals surface area contributed by atoms with Gasteiger partial charge in [0, 0.05) is 13.1 Å². The van der Waals surface area contributed by atoms with Crippen molar-refractivity contribution in [3.05, 3.63) is 5.82 Å². The summed E-state index contributed by atoms with van der Waals surface area (Å²) in [7, 11) is 2.02. The lowest BCUT2D eigenvalue weighted by molar-refractivity contribution is 0.0136. The summed E-state index contributed by atoms with van der Waals surface area (Å²) in [5.41, 5.74) is -0.504. The third kappa shape index (κ3) is 3.98. The van der Waals surface area contributed by atoms with Gasteiger partial charge in [-0.1, -0.05) is 26.2 Å². The second-order valence-corrected chi connectivity index (χ2v) is 5.78. The lowest BCUT2D eigenvalue weighted by Gasteiger charge is -2.28. The number of nitrogens with zero attached hydrogens (tertiary/aromatic N) is 5. The molecule has 1 saturated carbocycles. The maximum Gasteiger partial charge on any atom is 0.165 e. The first-order chi connectivity index (χ1) is 9.13. The average Bonchev–Trinajstić information content (AvgIpc) is 2.96. The molecule has 0 spiro atoms. The first-order valence-electron chi connectivity index (χ1n) is 7.29. The van der Waals surface area contributed by atoms with E-state index in [2.05, 4.69) is 27.3 Å². The third-order valence-electron chi connectivity index (χ3n) is 3.84. The minimum Gasteiger partial charge on any atom is -0.389 e. The molecule has 0 unspecified atom stereocenters. The Morgan fingerprint density at radius 3 is 2.79 bits per heavy atom. The molecule has 0 saturated heterocycles. The molecule has 6 nitrogen and oxygen atoms in total. The van der Waals surface area contributed by atoms with E-state index >= 15 is 0 Å². The number of rotatable bonds is 7. The lowest BCUT2D eigenvalue weighted by Crippen LogP contribution is -2.39. The van der Waals surface area contributed by atoms with Gasteiger partial charge in [-0.3, -0.25) is 4.90 Å². The molecule has 108 valence electrons. The molecule has 2 rings (SSSR count). The van der Waals surface area contributed by atoms with Crippen LogP contribution >= 0.6 is 0 Å². The number of tetrazole rings is 1. The molecule has 1 aromatic rings. The van der Waals surface area contributed by atoms with E-state index in [0.29, 0.717) is 13.1 Å². The van der Waals surface area contributed by atoms with Crippen LogP contribution in [0.3, 0.4) is 0 Å². The smallest absolute Gasteiger partial charge is 0.165 e. The Labute approximate surface area is 114 Å². The summed E-state index contributed by atoms with van der Waals surface area (Å²) >= 11 is 0. The molecule has 0 radical (unpaired) electrons. The molecule has 19 heavy (non-hydrogen) atoms. The summed E-state index contributed by atoms with van der Waals surface area (Å²) in [6.45, 7) is 4.43. The van der Waals surface area contributed by atoms with E-state index in [0.717, 1.165) is 50.9 Å². The van der Waals surface area contributed by atoms with E-state index in [9.17, 15) is 5.11 Å². The lowest BCUT2D eigenvalue weighted by atomic mass is 10.0. The fraction of sp³-hybridized carbons (Fsp3) is 0.923. The number of aliphatic hydroxyl groups is 1. The predicted octanol–water partition coefficient (Wildman–Crippen LogP) is 1.21. The predicted molar refractivity (Wildman–Crippen MR) is 72.5 cm³/mol. The Hall–Kier alpha value is -1.01. The van der Waals surface area contributed by atoms with Crippen molar-refractivity contribution in [2.75, 3.05) is 13.6 Å². The van der Waals surface area contributed by atoms with Crippen LogP contribution in [0.2, 0.25) is 0 Å². The van der Waals surface area contributed by atoms with Crippen molar-refractivity contribution >= 4 is 0 Å². The maximum absolute atomic E-state index is 10.4. The highest BCUT2D eigenvalue weighted by atomic mass is 16.3. The van der Waals surface area contributed by atoms with Crippen molar-refractivity contribution in [1.82, 2.24) is 25.1 Å². The first kappa shape index (κ1) is 14.4. The number of aryl methyl sites for hydroxylation is 1. The highest BCUT2D eigenvalue weighted by molar-refractivity contribution is 4.88. The van der Waals surface area contributed by atoms with Crippen LogP contribution in [0.5, 0.6) is 0 Å². The molecule has 0 amide bonds. The summed E-state index contributed by atoms with van der Waals surface area (Å²) in [6.07, 6.45) is 6.33. The molecule has 0 aliphatic heterocycles. The highest BCUT2D eigenvalue weighted by Crippen LogP contribution is 2.30. The van der Waals surface area contributed by atoms with Crippen LogP contribution in [0.25, 0.3) is 0 Å². The topological polar surface area (TPSA) is 67.1 Å². The van der Waals surface area contributed by atoms with Gasteiger partial charge in [-0.15, -0.1) is 5.10 Å². The molecule has 1 aliphatic carbocycles. The van der Waals surface area contributed by atoms with Crippen molar-refractivity contribution in [2.45, 2.75) is 64.1 Å². The van der Waals surface area contributed by atoms with Crippen LogP contribution in [0, 0.1) is 0 Å². The van der Waals surface area contributed by atoms with Gasteiger partial charge in [-0.05, 0) is 36.7 Å². The van der Waals surface area contributed by atoms with Crippen molar-refractivity contribution in [3.8, 4) is 0 Å². The van der Waals surface area contributed by atoms with Crippen molar-refractivity contribution < 1.29 is 5.11 Å². The Kier molecular flexibility index (Phi) is 4.87. The molecule has 1 heterocycles. The van der Waals surface area contributed by atoms with E-state index in [1.54, 1.807) is 0 Å². The van der Waals surface area contributed by atoms with Crippen molar-refractivity contribution in [2.24, 2.45) is 0 Å². The molecule has 1 fully saturated rings. The SMILES string of the molecule is CCCCn1nnnc1CN(C)CC1(O)CCCC1. The summed E-state index contributed by atoms with van der Waals surface area (Å²) in [5.74, 6) is 0.887. The fourth-order valence-electron chi connectivity index (χ4n) is 2.81. The summed E-state index contributed by atoms with van der Waals surface area (Å²) in [5, 5.41) is 22.3. The minimum absolute atomic E-state index is 0.504. The van der Waals surface area contributed by atoms with Crippen LogP contribution in [0.4, 0.5) is 0 Å². The van der Waals surface area contributed by atoms with Gasteiger partial charge in [0.15, 0.2) is 5.82 Å². The second-order valence-electron chi connectivity index (χ2n) is 5.78. The van der Waals surface area contributed by atoms with Gasteiger partial charge >= 0.3 is 0 Å². The molecule has 6 heteroatoms. The number of likely N-dealkylation sites (N-methyl/N-ethyl adjacent to an activating group) is 1. The molecule has 1 aliphatic rings. The van der Waals surface area contributed by atoms with Crippen LogP contribution in [0.15, 0.2) is 0 Å². The Bertz CT molecular complexity index is 386. The average molecular weight is 267 g/mol. The second kappa shape index (κ2) is 6.43. The molecule has 1 aromatic heterocycles. The number of aromatic nitrogens is 4. The molecule has 0 bridgehead atoms. The molecular formula is C13H25N5O. The number of hydrogen-bond acceptors (Lipinski definition) is 5. The summed E-state index contributed by atoms with van der Waals surface area (Å²) in [4.78, 5) is 2.12. The quantitative estimate of drug-likeness (QED) is 0.804. The van der Waals surface area contributed by atoms with Gasteiger partial charge in [-0.2, -0.15) is 0 Å². The van der Waals surface area contributed by atoms with Crippen LogP contribution in [0.1, 0.15) is 51.3 Å². The van der Waals surface area contributed by atoms with Gasteiger partial charge in [0.1, 0.15) is 0 Å². The van der Waals surface area contributed by atoms with E-state index < -0.39 is 5.60 Å². The zero-order valence-corrected chi connectivity index (χ0v) is 12.0. The third-order valence-corrected chi connectivity index (χ3v) is 3.84. The first-order valence-corrected chi connectivity index (χ1v) is 7.29.